The van der Waals surface area contributed by atoms with E-state index in [1.807, 2.05) is 30.3 Å². The number of aliphatic hydroxyl groups excluding tert-OH is 1. The van der Waals surface area contributed by atoms with Crippen LogP contribution < -0.4 is 4.74 Å². The predicted molar refractivity (Wildman–Crippen MR) is 55.3 cm³/mol. The molecule has 2 nitrogen and oxygen atoms in total. The van der Waals surface area contributed by atoms with E-state index in [0.717, 1.165) is 31.4 Å². The third-order valence-corrected chi connectivity index (χ3v) is 2.69. The molecule has 0 aromatic heterocycles. The van der Waals surface area contributed by atoms with Crippen molar-refractivity contribution in [3.05, 3.63) is 30.3 Å². The Morgan fingerprint density at radius 3 is 2.29 bits per heavy atom. The second kappa shape index (κ2) is 4.47. The van der Waals surface area contributed by atoms with E-state index in [1.54, 1.807) is 0 Å². The third kappa shape index (κ3) is 2.48. The predicted octanol–water partition coefficient (Wildman–Crippen LogP) is 2.37. The van der Waals surface area contributed by atoms with Crippen LogP contribution in [-0.2, 0) is 0 Å². The lowest BCUT2D eigenvalue weighted by molar-refractivity contribution is 0.0666. The summed E-state index contributed by atoms with van der Waals surface area (Å²) in [7, 11) is 0. The van der Waals surface area contributed by atoms with Crippen LogP contribution in [0.4, 0.5) is 0 Å². The molecule has 1 saturated carbocycles. The number of aliphatic hydroxyl groups is 1. The zero-order valence-corrected chi connectivity index (χ0v) is 8.23. The largest absolute Gasteiger partial charge is 0.490 e. The smallest absolute Gasteiger partial charge is 0.119 e. The van der Waals surface area contributed by atoms with E-state index in [0.29, 0.717) is 6.10 Å². The van der Waals surface area contributed by atoms with Gasteiger partial charge in [-0.05, 0) is 37.8 Å². The molecule has 14 heavy (non-hydrogen) atoms. The van der Waals surface area contributed by atoms with Crippen molar-refractivity contribution in [2.75, 3.05) is 0 Å². The summed E-state index contributed by atoms with van der Waals surface area (Å²) in [5, 5.41) is 9.34. The maximum Gasteiger partial charge on any atom is 0.119 e. The van der Waals surface area contributed by atoms with Crippen LogP contribution in [0, 0.1) is 0 Å². The molecule has 1 aliphatic rings. The Morgan fingerprint density at radius 2 is 1.64 bits per heavy atom. The van der Waals surface area contributed by atoms with Crippen LogP contribution in [0.25, 0.3) is 0 Å². The summed E-state index contributed by atoms with van der Waals surface area (Å²) < 4.78 is 5.79. The van der Waals surface area contributed by atoms with Crippen LogP contribution in [0.2, 0.25) is 0 Å². The maximum atomic E-state index is 9.34. The summed E-state index contributed by atoms with van der Waals surface area (Å²) in [6.07, 6.45) is 3.87. The minimum absolute atomic E-state index is 0.106. The Balaban J connectivity index is 1.87. The van der Waals surface area contributed by atoms with Gasteiger partial charge in [-0.2, -0.15) is 0 Å². The third-order valence-electron chi connectivity index (χ3n) is 2.69. The highest BCUT2D eigenvalue weighted by atomic mass is 16.5. The Hall–Kier alpha value is -1.02. The highest BCUT2D eigenvalue weighted by Gasteiger charge is 2.20. The van der Waals surface area contributed by atoms with Gasteiger partial charge in [0.1, 0.15) is 5.75 Å². The number of ether oxygens (including phenoxy) is 1. The molecule has 2 heteroatoms. The van der Waals surface area contributed by atoms with E-state index < -0.39 is 0 Å². The topological polar surface area (TPSA) is 29.5 Å². The summed E-state index contributed by atoms with van der Waals surface area (Å²) in [6.45, 7) is 0. The summed E-state index contributed by atoms with van der Waals surface area (Å²) in [5.74, 6) is 0.939. The van der Waals surface area contributed by atoms with Crippen molar-refractivity contribution in [1.29, 1.82) is 0 Å². The molecule has 1 aliphatic carbocycles. The first kappa shape index (κ1) is 9.53. The van der Waals surface area contributed by atoms with Gasteiger partial charge in [-0.15, -0.1) is 0 Å². The zero-order valence-electron chi connectivity index (χ0n) is 8.23. The van der Waals surface area contributed by atoms with Crippen LogP contribution in [0.1, 0.15) is 25.7 Å². The molecule has 1 fully saturated rings. The average molecular weight is 192 g/mol. The van der Waals surface area contributed by atoms with Gasteiger partial charge in [0.25, 0.3) is 0 Å². The second-order valence-corrected chi connectivity index (χ2v) is 3.86. The Morgan fingerprint density at radius 1 is 1.00 bits per heavy atom. The van der Waals surface area contributed by atoms with Gasteiger partial charge >= 0.3 is 0 Å². The summed E-state index contributed by atoms with van der Waals surface area (Å²) >= 11 is 0. The average Bonchev–Trinajstić information content (AvgIpc) is 2.23. The number of benzene rings is 1. The summed E-state index contributed by atoms with van der Waals surface area (Å²) in [6, 6.07) is 9.90. The van der Waals surface area contributed by atoms with E-state index in [2.05, 4.69) is 0 Å². The van der Waals surface area contributed by atoms with Crippen molar-refractivity contribution in [2.45, 2.75) is 37.9 Å². The van der Waals surface area contributed by atoms with E-state index in [9.17, 15) is 5.11 Å². The Labute approximate surface area is 84.5 Å². The highest BCUT2D eigenvalue weighted by molar-refractivity contribution is 5.21. The molecule has 2 rings (SSSR count). The van der Waals surface area contributed by atoms with Crippen molar-refractivity contribution in [1.82, 2.24) is 0 Å². The molecule has 0 spiro atoms. The number of rotatable bonds is 2. The molecule has 1 aromatic rings. The molecule has 0 saturated heterocycles. The maximum absolute atomic E-state index is 9.34. The normalized spacial score (nSPS) is 27.2. The summed E-state index contributed by atoms with van der Waals surface area (Å²) in [4.78, 5) is 0. The minimum Gasteiger partial charge on any atom is -0.490 e. The molecule has 0 aliphatic heterocycles. The first-order valence-electron chi connectivity index (χ1n) is 5.24. The fourth-order valence-electron chi connectivity index (χ4n) is 1.85. The fraction of sp³-hybridized carbons (Fsp3) is 0.500. The van der Waals surface area contributed by atoms with Gasteiger partial charge in [0.2, 0.25) is 0 Å². The minimum atomic E-state index is -0.106. The number of hydrogen-bond acceptors (Lipinski definition) is 2. The number of hydrogen-bond donors (Lipinski definition) is 1. The molecule has 0 amide bonds. The van der Waals surface area contributed by atoms with E-state index >= 15 is 0 Å². The van der Waals surface area contributed by atoms with Crippen LogP contribution in [0.3, 0.4) is 0 Å². The van der Waals surface area contributed by atoms with E-state index in [-0.39, 0.29) is 6.10 Å². The van der Waals surface area contributed by atoms with Gasteiger partial charge in [0.05, 0.1) is 12.2 Å². The van der Waals surface area contributed by atoms with Gasteiger partial charge in [-0.1, -0.05) is 18.2 Å². The highest BCUT2D eigenvalue weighted by Crippen LogP contribution is 2.23. The number of para-hydroxylation sites is 1. The van der Waals surface area contributed by atoms with Gasteiger partial charge < -0.3 is 9.84 Å². The molecular weight excluding hydrogens is 176 g/mol. The zero-order chi connectivity index (χ0) is 9.80. The van der Waals surface area contributed by atoms with Crippen LogP contribution in [-0.4, -0.2) is 17.3 Å². The van der Waals surface area contributed by atoms with Crippen molar-refractivity contribution in [3.63, 3.8) is 0 Å². The van der Waals surface area contributed by atoms with Crippen molar-refractivity contribution >= 4 is 0 Å². The van der Waals surface area contributed by atoms with E-state index in [4.69, 9.17) is 4.74 Å². The van der Waals surface area contributed by atoms with Crippen molar-refractivity contribution < 1.29 is 9.84 Å². The Bertz CT molecular complexity index is 263. The summed E-state index contributed by atoms with van der Waals surface area (Å²) in [5.41, 5.74) is 0. The lowest BCUT2D eigenvalue weighted by atomic mass is 9.95. The molecule has 76 valence electrons. The quantitative estimate of drug-likeness (QED) is 0.779. The standard InChI is InChI=1S/C12H16O2/c13-10-6-8-12(9-7-10)14-11-4-2-1-3-5-11/h1-5,10,12-13H,6-9H2. The lowest BCUT2D eigenvalue weighted by Crippen LogP contribution is -2.26. The van der Waals surface area contributed by atoms with E-state index in [1.165, 1.54) is 0 Å². The lowest BCUT2D eigenvalue weighted by Gasteiger charge is -2.26. The fourth-order valence-corrected chi connectivity index (χ4v) is 1.85. The van der Waals surface area contributed by atoms with Crippen LogP contribution in [0.5, 0.6) is 5.75 Å². The molecule has 0 bridgehead atoms. The molecule has 0 radical (unpaired) electrons. The first-order chi connectivity index (χ1) is 6.84. The van der Waals surface area contributed by atoms with Crippen LogP contribution in [0.15, 0.2) is 30.3 Å². The Kier molecular flexibility index (Phi) is 3.04. The molecule has 0 atom stereocenters. The van der Waals surface area contributed by atoms with Gasteiger partial charge in [-0.3, -0.25) is 0 Å². The molecule has 0 unspecified atom stereocenters. The SMILES string of the molecule is OC1CCC(Oc2ccccc2)CC1. The van der Waals surface area contributed by atoms with Crippen LogP contribution >= 0.6 is 0 Å². The molecular formula is C12H16O2. The van der Waals surface area contributed by atoms with Gasteiger partial charge in [0.15, 0.2) is 0 Å². The van der Waals surface area contributed by atoms with Gasteiger partial charge in [-0.25, -0.2) is 0 Å². The molecule has 1 aromatic carbocycles. The second-order valence-electron chi connectivity index (χ2n) is 3.86. The van der Waals surface area contributed by atoms with Crippen molar-refractivity contribution in [2.24, 2.45) is 0 Å². The first-order valence-corrected chi connectivity index (χ1v) is 5.24. The monoisotopic (exact) mass is 192 g/mol. The molecule has 0 heterocycles. The van der Waals surface area contributed by atoms with Crippen molar-refractivity contribution in [3.8, 4) is 5.75 Å². The molecule has 1 N–H and O–H groups in total. The van der Waals surface area contributed by atoms with Gasteiger partial charge in [0, 0.05) is 0 Å².